The van der Waals surface area contributed by atoms with Crippen molar-refractivity contribution < 1.29 is 9.53 Å². The number of hydrogen-bond acceptors (Lipinski definition) is 4. The van der Waals surface area contributed by atoms with E-state index in [2.05, 4.69) is 58.8 Å². The van der Waals surface area contributed by atoms with Gasteiger partial charge in [0.2, 0.25) is 0 Å². The van der Waals surface area contributed by atoms with Gasteiger partial charge >= 0.3 is 5.97 Å². The van der Waals surface area contributed by atoms with E-state index in [0.717, 1.165) is 32.0 Å². The zero-order valence-electron chi connectivity index (χ0n) is 17.2. The third kappa shape index (κ3) is 10.5. The summed E-state index contributed by atoms with van der Waals surface area (Å²) < 4.78 is 4.74. The maximum atomic E-state index is 11.5. The van der Waals surface area contributed by atoms with Crippen LogP contribution in [0.3, 0.4) is 0 Å². The number of methoxy groups -OCH3 is 1. The Kier molecular flexibility index (Phi) is 13.9. The number of hydrogen-bond donors (Lipinski definition) is 2. The average Bonchev–Trinajstić information content (AvgIpc) is 2.65. The molecule has 0 radical (unpaired) electrons. The van der Waals surface area contributed by atoms with E-state index in [1.165, 1.54) is 12.7 Å². The molecule has 0 aromatic heterocycles. The van der Waals surface area contributed by atoms with Crippen LogP contribution in [0.25, 0.3) is 0 Å². The fourth-order valence-electron chi connectivity index (χ4n) is 2.49. The number of carbonyl (C=O) groups is 1. The van der Waals surface area contributed by atoms with Crippen LogP contribution in [0, 0.1) is 5.92 Å². The van der Waals surface area contributed by atoms with Crippen LogP contribution in [0.5, 0.6) is 0 Å². The van der Waals surface area contributed by atoms with E-state index in [0.29, 0.717) is 12.6 Å². The molecular weight excluding hydrogens is 455 g/mol. The maximum absolute atomic E-state index is 11.5. The van der Waals surface area contributed by atoms with Gasteiger partial charge < -0.3 is 15.4 Å². The number of halogens is 1. The van der Waals surface area contributed by atoms with Crippen LogP contribution in [-0.4, -0.2) is 56.7 Å². The predicted molar refractivity (Wildman–Crippen MR) is 123 cm³/mol. The first-order valence-electron chi connectivity index (χ1n) is 9.32. The quantitative estimate of drug-likeness (QED) is 0.229. The van der Waals surface area contributed by atoms with Crippen LogP contribution in [-0.2, 0) is 16.1 Å². The zero-order valence-corrected chi connectivity index (χ0v) is 19.5. The molecule has 1 rings (SSSR count). The van der Waals surface area contributed by atoms with Gasteiger partial charge in [0.1, 0.15) is 0 Å². The molecular formula is C20H35IN4O2. The molecule has 0 bridgehead atoms. The molecule has 7 heteroatoms. The van der Waals surface area contributed by atoms with Crippen molar-refractivity contribution >= 4 is 35.9 Å². The average molecular weight is 490 g/mol. The summed E-state index contributed by atoms with van der Waals surface area (Å²) in [5.74, 6) is 0.258. The number of nitrogens with zero attached hydrogens (tertiary/aromatic N) is 2. The molecule has 0 fully saturated rings. The van der Waals surface area contributed by atoms with Gasteiger partial charge in [-0.3, -0.25) is 14.7 Å². The zero-order chi connectivity index (χ0) is 19.4. The minimum absolute atomic E-state index is 0. The van der Waals surface area contributed by atoms with Gasteiger partial charge in [0.25, 0.3) is 0 Å². The summed E-state index contributed by atoms with van der Waals surface area (Å²) in [7, 11) is 3.55. The number of esters is 1. The number of nitrogens with one attached hydrogen (secondary N) is 2. The van der Waals surface area contributed by atoms with Crippen molar-refractivity contribution in [1.29, 1.82) is 0 Å². The van der Waals surface area contributed by atoms with E-state index >= 15 is 0 Å². The van der Waals surface area contributed by atoms with Crippen LogP contribution in [0.1, 0.15) is 32.8 Å². The van der Waals surface area contributed by atoms with E-state index in [1.54, 1.807) is 0 Å². The Bertz CT molecular complexity index is 554. The Labute approximate surface area is 181 Å². The highest BCUT2D eigenvalue weighted by Crippen LogP contribution is 2.07. The molecule has 0 aliphatic rings. The third-order valence-corrected chi connectivity index (χ3v) is 4.35. The van der Waals surface area contributed by atoms with Crippen LogP contribution in [0.15, 0.2) is 35.3 Å². The monoisotopic (exact) mass is 490 g/mol. The van der Waals surface area contributed by atoms with E-state index in [4.69, 9.17) is 4.74 Å². The molecule has 1 aromatic carbocycles. The SMILES string of the molecule is CCNC(=NCC(C)C(=O)OC)NCCC(C)N(C)Cc1ccccc1.I. The van der Waals surface area contributed by atoms with E-state index in [-0.39, 0.29) is 35.9 Å². The fraction of sp³-hybridized carbons (Fsp3) is 0.600. The first kappa shape index (κ1) is 25.6. The highest BCUT2D eigenvalue weighted by Gasteiger charge is 2.13. The number of aliphatic imine (C=N–C) groups is 1. The molecule has 2 N–H and O–H groups in total. The summed E-state index contributed by atoms with van der Waals surface area (Å²) in [4.78, 5) is 18.3. The lowest BCUT2D eigenvalue weighted by atomic mass is 10.1. The first-order chi connectivity index (χ1) is 12.5. The summed E-state index contributed by atoms with van der Waals surface area (Å²) in [6, 6.07) is 10.9. The smallest absolute Gasteiger partial charge is 0.310 e. The second-order valence-electron chi connectivity index (χ2n) is 6.61. The topological polar surface area (TPSA) is 66.0 Å². The molecule has 0 spiro atoms. The van der Waals surface area contributed by atoms with Gasteiger partial charge in [-0.15, -0.1) is 24.0 Å². The molecule has 0 amide bonds. The molecule has 0 saturated carbocycles. The number of carbonyl (C=O) groups excluding carboxylic acids is 1. The van der Waals surface area contributed by atoms with Crippen molar-refractivity contribution in [3.63, 3.8) is 0 Å². The summed E-state index contributed by atoms with van der Waals surface area (Å²) in [5.41, 5.74) is 1.32. The maximum Gasteiger partial charge on any atom is 0.310 e. The molecule has 27 heavy (non-hydrogen) atoms. The van der Waals surface area contributed by atoms with Crippen molar-refractivity contribution in [2.45, 2.75) is 39.8 Å². The van der Waals surface area contributed by atoms with Gasteiger partial charge in [0.15, 0.2) is 5.96 Å². The largest absolute Gasteiger partial charge is 0.469 e. The number of guanidine groups is 1. The van der Waals surface area contributed by atoms with Gasteiger partial charge in [0.05, 0.1) is 19.6 Å². The fourth-order valence-corrected chi connectivity index (χ4v) is 2.49. The lowest BCUT2D eigenvalue weighted by molar-refractivity contribution is -0.144. The summed E-state index contributed by atoms with van der Waals surface area (Å²) in [5, 5.41) is 6.55. The van der Waals surface area contributed by atoms with Crippen molar-refractivity contribution in [2.24, 2.45) is 10.9 Å². The van der Waals surface area contributed by atoms with Gasteiger partial charge in [-0.2, -0.15) is 0 Å². The Morgan fingerprint density at radius 1 is 1.22 bits per heavy atom. The van der Waals surface area contributed by atoms with E-state index < -0.39 is 0 Å². The molecule has 6 nitrogen and oxygen atoms in total. The molecule has 0 heterocycles. The Hall–Kier alpha value is -1.35. The highest BCUT2D eigenvalue weighted by atomic mass is 127. The summed E-state index contributed by atoms with van der Waals surface area (Å²) >= 11 is 0. The number of benzene rings is 1. The van der Waals surface area contributed by atoms with Crippen molar-refractivity contribution in [2.75, 3.05) is 33.8 Å². The molecule has 0 saturated heterocycles. The Morgan fingerprint density at radius 2 is 1.89 bits per heavy atom. The third-order valence-electron chi connectivity index (χ3n) is 4.35. The van der Waals surface area contributed by atoms with E-state index in [1.807, 2.05) is 19.9 Å². The highest BCUT2D eigenvalue weighted by molar-refractivity contribution is 14.0. The second-order valence-corrected chi connectivity index (χ2v) is 6.61. The summed E-state index contributed by atoms with van der Waals surface area (Å²) in [6.45, 7) is 9.02. The normalized spacial score (nSPS) is 13.5. The minimum Gasteiger partial charge on any atom is -0.469 e. The predicted octanol–water partition coefficient (Wildman–Crippen LogP) is 2.88. The Morgan fingerprint density at radius 3 is 2.48 bits per heavy atom. The Balaban J connectivity index is 0.00000676. The van der Waals surface area contributed by atoms with Crippen LogP contribution < -0.4 is 10.6 Å². The standard InChI is InChI=1S/C20H34N4O2.HI/c1-6-21-20(23-14-16(2)19(25)26-5)22-13-12-17(3)24(4)15-18-10-8-7-9-11-18;/h7-11,16-17H,6,12-15H2,1-5H3,(H2,21,22,23);1H. The second kappa shape index (κ2) is 14.7. The molecule has 0 aliphatic heterocycles. The molecule has 0 aliphatic carbocycles. The number of rotatable bonds is 10. The lowest BCUT2D eigenvalue weighted by Crippen LogP contribution is -2.40. The number of ether oxygens (including phenoxy) is 1. The van der Waals surface area contributed by atoms with Gasteiger partial charge in [-0.25, -0.2) is 0 Å². The summed E-state index contributed by atoms with van der Waals surface area (Å²) in [6.07, 6.45) is 1.00. The lowest BCUT2D eigenvalue weighted by Gasteiger charge is -2.25. The molecule has 2 unspecified atom stereocenters. The van der Waals surface area contributed by atoms with Gasteiger partial charge in [0, 0.05) is 25.7 Å². The van der Waals surface area contributed by atoms with E-state index in [9.17, 15) is 4.79 Å². The first-order valence-corrected chi connectivity index (χ1v) is 9.32. The van der Waals surface area contributed by atoms with Gasteiger partial charge in [-0.05, 0) is 32.9 Å². The van der Waals surface area contributed by atoms with Crippen LogP contribution in [0.2, 0.25) is 0 Å². The van der Waals surface area contributed by atoms with Crippen molar-refractivity contribution in [3.05, 3.63) is 35.9 Å². The van der Waals surface area contributed by atoms with Crippen LogP contribution >= 0.6 is 24.0 Å². The van der Waals surface area contributed by atoms with Gasteiger partial charge in [-0.1, -0.05) is 37.3 Å². The molecule has 1 aromatic rings. The minimum atomic E-state index is -0.244. The van der Waals surface area contributed by atoms with Crippen LogP contribution in [0.4, 0.5) is 0 Å². The molecule has 2 atom stereocenters. The van der Waals surface area contributed by atoms with Crippen molar-refractivity contribution in [3.8, 4) is 0 Å². The molecule has 154 valence electrons. The van der Waals surface area contributed by atoms with Crippen molar-refractivity contribution in [1.82, 2.24) is 15.5 Å².